The van der Waals surface area contributed by atoms with Crippen molar-refractivity contribution in [3.63, 3.8) is 0 Å². The van der Waals surface area contributed by atoms with Crippen LogP contribution in [0.25, 0.3) is 22.3 Å². The summed E-state index contributed by atoms with van der Waals surface area (Å²) in [7, 11) is 0. The molecular formula is C24H29N7O3. The number of ether oxygens (including phenoxy) is 1. The van der Waals surface area contributed by atoms with Gasteiger partial charge in [0.2, 0.25) is 5.91 Å². The zero-order valence-electron chi connectivity index (χ0n) is 19.0. The van der Waals surface area contributed by atoms with Crippen molar-refractivity contribution in [3.05, 3.63) is 42.7 Å². The standard InChI is InChI=1S/C24H29N7O3/c32-16-22(33)31-10-8-30(9-11-31)18-3-1-17(2-4-18)20-13-21-23(27-6-5-26-21)24(29-20)28-15-19-14-25-7-12-34-19/h1-6,13,19,25,32H,7-12,14-16H2,(H,28,29). The fourth-order valence-corrected chi connectivity index (χ4v) is 4.36. The molecule has 2 fully saturated rings. The minimum Gasteiger partial charge on any atom is -0.387 e. The number of aliphatic hydroxyl groups is 1. The van der Waals surface area contributed by atoms with Gasteiger partial charge in [0.1, 0.15) is 12.1 Å². The molecule has 4 heterocycles. The number of morpholine rings is 1. The molecule has 3 N–H and O–H groups in total. The second-order valence-corrected chi connectivity index (χ2v) is 8.43. The summed E-state index contributed by atoms with van der Waals surface area (Å²) in [5.74, 6) is 0.486. The number of piperazine rings is 1. The third kappa shape index (κ3) is 4.93. The summed E-state index contributed by atoms with van der Waals surface area (Å²) >= 11 is 0. The van der Waals surface area contributed by atoms with Crippen molar-refractivity contribution in [2.24, 2.45) is 0 Å². The first-order valence-corrected chi connectivity index (χ1v) is 11.6. The summed E-state index contributed by atoms with van der Waals surface area (Å²) in [4.78, 5) is 29.5. The van der Waals surface area contributed by atoms with E-state index in [0.717, 1.165) is 54.2 Å². The molecule has 0 radical (unpaired) electrons. The normalized spacial score (nSPS) is 18.8. The second kappa shape index (κ2) is 10.3. The number of aliphatic hydroxyl groups excluding tert-OH is 1. The number of hydrogen-bond donors (Lipinski definition) is 3. The molecule has 2 aliphatic heterocycles. The van der Waals surface area contributed by atoms with Gasteiger partial charge in [0.05, 0.1) is 23.9 Å². The highest BCUT2D eigenvalue weighted by atomic mass is 16.5. The van der Waals surface area contributed by atoms with Crippen LogP contribution >= 0.6 is 0 Å². The topological polar surface area (TPSA) is 116 Å². The fraction of sp³-hybridized carbons (Fsp3) is 0.417. The third-order valence-corrected chi connectivity index (χ3v) is 6.25. The van der Waals surface area contributed by atoms with E-state index in [0.29, 0.717) is 32.1 Å². The number of pyridine rings is 1. The summed E-state index contributed by atoms with van der Waals surface area (Å²) in [5.41, 5.74) is 4.43. The Morgan fingerprint density at radius 1 is 1.15 bits per heavy atom. The van der Waals surface area contributed by atoms with Crippen molar-refractivity contribution >= 4 is 28.4 Å². The molecule has 1 aromatic carbocycles. The Balaban J connectivity index is 1.33. The van der Waals surface area contributed by atoms with Crippen LogP contribution in [0.5, 0.6) is 0 Å². The van der Waals surface area contributed by atoms with Crippen molar-refractivity contribution < 1.29 is 14.6 Å². The van der Waals surface area contributed by atoms with E-state index in [1.165, 1.54) is 0 Å². The number of amides is 1. The van der Waals surface area contributed by atoms with E-state index in [1.54, 1.807) is 17.3 Å². The van der Waals surface area contributed by atoms with Crippen molar-refractivity contribution in [2.75, 3.05) is 69.2 Å². The first kappa shape index (κ1) is 22.5. The van der Waals surface area contributed by atoms with Crippen LogP contribution in [0.2, 0.25) is 0 Å². The quantitative estimate of drug-likeness (QED) is 0.487. The number of carbonyl (C=O) groups is 1. The van der Waals surface area contributed by atoms with Gasteiger partial charge >= 0.3 is 0 Å². The van der Waals surface area contributed by atoms with Crippen LogP contribution in [0.4, 0.5) is 11.5 Å². The van der Waals surface area contributed by atoms with Crippen LogP contribution in [0.3, 0.4) is 0 Å². The lowest BCUT2D eigenvalue weighted by Gasteiger charge is -2.35. The molecule has 34 heavy (non-hydrogen) atoms. The molecule has 10 nitrogen and oxygen atoms in total. The molecule has 178 valence electrons. The van der Waals surface area contributed by atoms with Crippen LogP contribution in [-0.2, 0) is 9.53 Å². The SMILES string of the molecule is O=C(CO)N1CCN(c2ccc(-c3cc4nccnc4c(NCC4CNCCO4)n3)cc2)CC1. The molecule has 5 rings (SSSR count). The Morgan fingerprint density at radius 3 is 2.68 bits per heavy atom. The lowest BCUT2D eigenvalue weighted by molar-refractivity contribution is -0.134. The van der Waals surface area contributed by atoms with Gasteiger partial charge in [0.25, 0.3) is 0 Å². The van der Waals surface area contributed by atoms with Crippen molar-refractivity contribution in [3.8, 4) is 11.3 Å². The number of fused-ring (bicyclic) bond motifs is 1. The number of rotatable bonds is 6. The highest BCUT2D eigenvalue weighted by molar-refractivity contribution is 5.88. The maximum absolute atomic E-state index is 11.7. The van der Waals surface area contributed by atoms with Crippen LogP contribution < -0.4 is 15.5 Å². The average molecular weight is 464 g/mol. The van der Waals surface area contributed by atoms with Gasteiger partial charge in [0.15, 0.2) is 5.82 Å². The highest BCUT2D eigenvalue weighted by Gasteiger charge is 2.21. The van der Waals surface area contributed by atoms with E-state index in [4.69, 9.17) is 14.8 Å². The molecule has 1 amide bonds. The smallest absolute Gasteiger partial charge is 0.248 e. The van der Waals surface area contributed by atoms with Crippen molar-refractivity contribution in [1.82, 2.24) is 25.2 Å². The summed E-state index contributed by atoms with van der Waals surface area (Å²) in [6.07, 6.45) is 3.45. The number of hydrogen-bond acceptors (Lipinski definition) is 9. The molecule has 1 unspecified atom stereocenters. The largest absolute Gasteiger partial charge is 0.387 e. The lowest BCUT2D eigenvalue weighted by atomic mass is 10.1. The van der Waals surface area contributed by atoms with E-state index in [-0.39, 0.29) is 12.0 Å². The van der Waals surface area contributed by atoms with E-state index in [1.807, 2.05) is 6.07 Å². The number of carbonyl (C=O) groups excluding carboxylic acids is 1. The summed E-state index contributed by atoms with van der Waals surface area (Å²) in [6.45, 7) is 5.30. The Hall–Kier alpha value is -3.34. The van der Waals surface area contributed by atoms with Crippen molar-refractivity contribution in [1.29, 1.82) is 0 Å². The minimum atomic E-state index is -0.431. The van der Waals surface area contributed by atoms with Crippen LogP contribution in [0.15, 0.2) is 42.7 Å². The molecular weight excluding hydrogens is 434 g/mol. The summed E-state index contributed by atoms with van der Waals surface area (Å²) < 4.78 is 5.80. The molecule has 3 aromatic rings. The van der Waals surface area contributed by atoms with Crippen LogP contribution in [-0.4, -0.2) is 96.0 Å². The Morgan fingerprint density at radius 2 is 1.94 bits per heavy atom. The third-order valence-electron chi connectivity index (χ3n) is 6.25. The van der Waals surface area contributed by atoms with Gasteiger partial charge in [-0.3, -0.25) is 9.78 Å². The highest BCUT2D eigenvalue weighted by Crippen LogP contribution is 2.27. The zero-order valence-corrected chi connectivity index (χ0v) is 19.0. The van der Waals surface area contributed by atoms with Gasteiger partial charge in [0, 0.05) is 69.5 Å². The molecule has 0 spiro atoms. The molecule has 0 bridgehead atoms. The molecule has 0 saturated carbocycles. The zero-order chi connectivity index (χ0) is 23.3. The molecule has 1 atom stereocenters. The van der Waals surface area contributed by atoms with Gasteiger partial charge in [-0.15, -0.1) is 0 Å². The fourth-order valence-electron chi connectivity index (χ4n) is 4.36. The minimum absolute atomic E-state index is 0.0818. The van der Waals surface area contributed by atoms with E-state index in [9.17, 15) is 4.79 Å². The number of anilines is 2. The van der Waals surface area contributed by atoms with Crippen LogP contribution in [0.1, 0.15) is 0 Å². The molecule has 2 aromatic heterocycles. The van der Waals surface area contributed by atoms with Crippen LogP contribution in [0, 0.1) is 0 Å². The van der Waals surface area contributed by atoms with Gasteiger partial charge in [-0.25, -0.2) is 9.97 Å². The lowest BCUT2D eigenvalue weighted by Crippen LogP contribution is -2.49. The molecule has 0 aliphatic carbocycles. The van der Waals surface area contributed by atoms with Crippen molar-refractivity contribution in [2.45, 2.75) is 6.10 Å². The maximum atomic E-state index is 11.7. The number of benzene rings is 1. The predicted octanol–water partition coefficient (Wildman–Crippen LogP) is 0.733. The van der Waals surface area contributed by atoms with E-state index >= 15 is 0 Å². The summed E-state index contributed by atoms with van der Waals surface area (Å²) in [6, 6.07) is 10.2. The Labute approximate surface area is 198 Å². The van der Waals surface area contributed by atoms with E-state index < -0.39 is 6.61 Å². The monoisotopic (exact) mass is 463 g/mol. The molecule has 2 saturated heterocycles. The second-order valence-electron chi connectivity index (χ2n) is 8.43. The first-order chi connectivity index (χ1) is 16.7. The van der Waals surface area contributed by atoms with Gasteiger partial charge < -0.3 is 30.3 Å². The van der Waals surface area contributed by atoms with Gasteiger partial charge in [-0.2, -0.15) is 0 Å². The maximum Gasteiger partial charge on any atom is 0.248 e. The molecule has 2 aliphatic rings. The van der Waals surface area contributed by atoms with E-state index in [2.05, 4.69) is 49.8 Å². The van der Waals surface area contributed by atoms with Gasteiger partial charge in [-0.05, 0) is 18.2 Å². The predicted molar refractivity (Wildman–Crippen MR) is 130 cm³/mol. The van der Waals surface area contributed by atoms with Gasteiger partial charge in [-0.1, -0.05) is 12.1 Å². The average Bonchev–Trinajstić information content (AvgIpc) is 2.92. The Bertz CT molecular complexity index is 1130. The number of nitrogens with one attached hydrogen (secondary N) is 2. The number of nitrogens with zero attached hydrogens (tertiary/aromatic N) is 5. The summed E-state index contributed by atoms with van der Waals surface area (Å²) in [5, 5.41) is 15.8. The molecule has 10 heteroatoms. The Kier molecular flexibility index (Phi) is 6.79. The number of aromatic nitrogens is 3. The first-order valence-electron chi connectivity index (χ1n) is 11.6.